The Balaban J connectivity index is 2.46. The number of nitrogens with one attached hydrogen (secondary N) is 1. The van der Waals surface area contributed by atoms with E-state index in [9.17, 15) is 4.79 Å². The Morgan fingerprint density at radius 3 is 3.14 bits per heavy atom. The molecule has 0 bridgehead atoms. The molecule has 0 saturated heterocycles. The number of hydrogen-bond donors (Lipinski definition) is 1. The van der Waals surface area contributed by atoms with E-state index in [2.05, 4.69) is 15.4 Å². The van der Waals surface area contributed by atoms with Crippen LogP contribution in [0.1, 0.15) is 6.92 Å². The van der Waals surface area contributed by atoms with E-state index >= 15 is 0 Å². The molecule has 2 rings (SSSR count). The Morgan fingerprint density at radius 1 is 1.64 bits per heavy atom. The fraction of sp³-hybridized carbons (Fsp3) is 0.125. The van der Waals surface area contributed by atoms with Crippen molar-refractivity contribution in [1.82, 2.24) is 14.6 Å². The smallest absolute Gasteiger partial charge is 0.222 e. The molecule has 0 radical (unpaired) electrons. The fourth-order valence-electron chi connectivity index (χ4n) is 1.10. The number of nitrogens with zero attached hydrogens (tertiary/aromatic N) is 3. The van der Waals surface area contributed by atoms with E-state index in [1.54, 1.807) is 18.3 Å². The lowest BCUT2D eigenvalue weighted by atomic mass is 10.5. The van der Waals surface area contributed by atoms with E-state index < -0.39 is 0 Å². The maximum atomic E-state index is 10.8. The summed E-state index contributed by atoms with van der Waals surface area (Å²) in [5.41, 5.74) is 0.598. The van der Waals surface area contributed by atoms with Crippen LogP contribution in [-0.4, -0.2) is 20.5 Å². The quantitative estimate of drug-likeness (QED) is 0.723. The van der Waals surface area contributed by atoms with Crippen molar-refractivity contribution in [2.45, 2.75) is 6.92 Å². The summed E-state index contributed by atoms with van der Waals surface area (Å²) in [4.78, 5) is 14.8. The van der Waals surface area contributed by atoms with Crippen LogP contribution in [-0.2, 0) is 4.79 Å². The molecule has 2 aromatic rings. The van der Waals surface area contributed by atoms with Gasteiger partial charge in [0.2, 0.25) is 5.91 Å². The highest BCUT2D eigenvalue weighted by molar-refractivity contribution is 6.29. The van der Waals surface area contributed by atoms with Gasteiger partial charge < -0.3 is 5.32 Å². The molecular weight excluding hydrogens is 204 g/mol. The number of fused-ring (bicyclic) bond motifs is 1. The summed E-state index contributed by atoms with van der Waals surface area (Å²) >= 11 is 5.69. The van der Waals surface area contributed by atoms with Crippen molar-refractivity contribution < 1.29 is 4.79 Å². The SMILES string of the molecule is CC(=O)Nc1cc2nc(Cl)ccn2n1. The Kier molecular flexibility index (Phi) is 2.09. The minimum atomic E-state index is -0.167. The van der Waals surface area contributed by atoms with Crippen molar-refractivity contribution in [2.75, 3.05) is 5.32 Å². The zero-order chi connectivity index (χ0) is 10.1. The van der Waals surface area contributed by atoms with Crippen LogP contribution in [0.25, 0.3) is 5.65 Å². The van der Waals surface area contributed by atoms with E-state index in [0.29, 0.717) is 16.6 Å². The number of aromatic nitrogens is 3. The highest BCUT2D eigenvalue weighted by Crippen LogP contribution is 2.11. The molecule has 6 heteroatoms. The Hall–Kier alpha value is -1.62. The van der Waals surface area contributed by atoms with Crippen LogP contribution in [0.2, 0.25) is 5.15 Å². The summed E-state index contributed by atoms with van der Waals surface area (Å²) in [6, 6.07) is 3.27. The molecule has 0 aromatic carbocycles. The molecule has 5 nitrogen and oxygen atoms in total. The first-order valence-electron chi connectivity index (χ1n) is 3.95. The summed E-state index contributed by atoms with van der Waals surface area (Å²) in [6.07, 6.45) is 1.68. The van der Waals surface area contributed by atoms with E-state index in [4.69, 9.17) is 11.6 Å². The monoisotopic (exact) mass is 210 g/mol. The molecule has 2 heterocycles. The number of rotatable bonds is 1. The van der Waals surface area contributed by atoms with Gasteiger partial charge >= 0.3 is 0 Å². The van der Waals surface area contributed by atoms with Crippen molar-refractivity contribution in [3.63, 3.8) is 0 Å². The minimum absolute atomic E-state index is 0.167. The van der Waals surface area contributed by atoms with Crippen molar-refractivity contribution in [3.05, 3.63) is 23.5 Å². The highest BCUT2D eigenvalue weighted by atomic mass is 35.5. The Labute approximate surface area is 84.7 Å². The van der Waals surface area contributed by atoms with Crippen LogP contribution < -0.4 is 5.32 Å². The van der Waals surface area contributed by atoms with Crippen LogP contribution in [0.4, 0.5) is 5.82 Å². The third-order valence-corrected chi connectivity index (χ3v) is 1.81. The van der Waals surface area contributed by atoms with Gasteiger partial charge in [0.1, 0.15) is 5.15 Å². The summed E-state index contributed by atoms with van der Waals surface area (Å²) in [5, 5.41) is 7.01. The van der Waals surface area contributed by atoms with Gasteiger partial charge in [-0.25, -0.2) is 9.50 Å². The third-order valence-electron chi connectivity index (χ3n) is 1.59. The molecule has 2 aromatic heterocycles. The zero-order valence-electron chi connectivity index (χ0n) is 7.36. The maximum Gasteiger partial charge on any atom is 0.222 e. The molecule has 72 valence electrons. The lowest BCUT2D eigenvalue weighted by Gasteiger charge is -1.92. The number of carbonyl (C=O) groups excluding carboxylic acids is 1. The van der Waals surface area contributed by atoms with Gasteiger partial charge in [-0.2, -0.15) is 0 Å². The van der Waals surface area contributed by atoms with E-state index in [-0.39, 0.29) is 5.91 Å². The molecule has 0 atom stereocenters. The van der Waals surface area contributed by atoms with Gasteiger partial charge in [-0.15, -0.1) is 5.10 Å². The van der Waals surface area contributed by atoms with Gasteiger partial charge in [0, 0.05) is 19.2 Å². The lowest BCUT2D eigenvalue weighted by Crippen LogP contribution is -2.06. The molecule has 1 N–H and O–H groups in total. The first kappa shape index (κ1) is 8.96. The second-order valence-corrected chi connectivity index (χ2v) is 3.15. The number of amides is 1. The van der Waals surface area contributed by atoms with Crippen LogP contribution in [0.3, 0.4) is 0 Å². The maximum absolute atomic E-state index is 10.8. The number of halogens is 1. The van der Waals surface area contributed by atoms with E-state index in [1.165, 1.54) is 11.4 Å². The largest absolute Gasteiger partial charge is 0.309 e. The Morgan fingerprint density at radius 2 is 2.43 bits per heavy atom. The van der Waals surface area contributed by atoms with Crippen molar-refractivity contribution in [3.8, 4) is 0 Å². The second kappa shape index (κ2) is 3.26. The van der Waals surface area contributed by atoms with Crippen LogP contribution in [0.15, 0.2) is 18.3 Å². The first-order chi connectivity index (χ1) is 6.65. The summed E-state index contributed by atoms with van der Waals surface area (Å²) < 4.78 is 1.54. The van der Waals surface area contributed by atoms with Crippen molar-refractivity contribution in [1.29, 1.82) is 0 Å². The van der Waals surface area contributed by atoms with E-state index in [1.807, 2.05) is 0 Å². The molecule has 0 aliphatic heterocycles. The second-order valence-electron chi connectivity index (χ2n) is 2.76. The molecule has 1 amide bonds. The average Bonchev–Trinajstić information content (AvgIpc) is 2.44. The van der Waals surface area contributed by atoms with Crippen molar-refractivity contribution in [2.24, 2.45) is 0 Å². The van der Waals surface area contributed by atoms with E-state index in [0.717, 1.165) is 0 Å². The molecule has 0 unspecified atom stereocenters. The predicted octanol–water partition coefficient (Wildman–Crippen LogP) is 1.34. The summed E-state index contributed by atoms with van der Waals surface area (Å²) in [7, 11) is 0. The molecule has 0 aliphatic carbocycles. The number of carbonyl (C=O) groups is 1. The number of hydrogen-bond acceptors (Lipinski definition) is 3. The molecule has 0 saturated carbocycles. The fourth-order valence-corrected chi connectivity index (χ4v) is 1.24. The standard InChI is InChI=1S/C8H7ClN4O/c1-5(14)10-7-4-8-11-6(9)2-3-13(8)12-7/h2-4H,1H3,(H,10,12,14). The van der Waals surface area contributed by atoms with Crippen LogP contribution >= 0.6 is 11.6 Å². The lowest BCUT2D eigenvalue weighted by molar-refractivity contribution is -0.114. The van der Waals surface area contributed by atoms with Crippen molar-refractivity contribution >= 4 is 29.0 Å². The summed E-state index contributed by atoms with van der Waals surface area (Å²) in [5.74, 6) is 0.298. The first-order valence-corrected chi connectivity index (χ1v) is 4.32. The molecule has 0 spiro atoms. The minimum Gasteiger partial charge on any atom is -0.309 e. The van der Waals surface area contributed by atoms with Gasteiger partial charge in [0.05, 0.1) is 0 Å². The van der Waals surface area contributed by atoms with Gasteiger partial charge in [-0.3, -0.25) is 4.79 Å². The molecule has 0 fully saturated rings. The predicted molar refractivity (Wildman–Crippen MR) is 52.3 cm³/mol. The highest BCUT2D eigenvalue weighted by Gasteiger charge is 2.03. The third kappa shape index (κ3) is 1.67. The topological polar surface area (TPSA) is 59.3 Å². The van der Waals surface area contributed by atoms with Crippen LogP contribution in [0, 0.1) is 0 Å². The normalized spacial score (nSPS) is 10.4. The van der Waals surface area contributed by atoms with Gasteiger partial charge in [-0.05, 0) is 6.07 Å². The Bertz CT molecular complexity index is 493. The molecule has 14 heavy (non-hydrogen) atoms. The molecule has 0 aliphatic rings. The van der Waals surface area contributed by atoms with Gasteiger partial charge in [-0.1, -0.05) is 11.6 Å². The average molecular weight is 211 g/mol. The number of anilines is 1. The van der Waals surface area contributed by atoms with Crippen LogP contribution in [0.5, 0.6) is 0 Å². The van der Waals surface area contributed by atoms with Gasteiger partial charge in [0.15, 0.2) is 11.5 Å². The summed E-state index contributed by atoms with van der Waals surface area (Å²) in [6.45, 7) is 1.42. The zero-order valence-corrected chi connectivity index (χ0v) is 8.12. The molecular formula is C8H7ClN4O. The van der Waals surface area contributed by atoms with Gasteiger partial charge in [0.25, 0.3) is 0 Å².